The summed E-state index contributed by atoms with van der Waals surface area (Å²) in [5, 5.41) is 0. The van der Waals surface area contributed by atoms with E-state index in [0.29, 0.717) is 9.54 Å². The Bertz CT molecular complexity index is 1480. The molecule has 0 saturated carbocycles. The third-order valence-corrected chi connectivity index (χ3v) is 18.1. The van der Waals surface area contributed by atoms with Crippen molar-refractivity contribution in [2.45, 2.75) is 36.0 Å². The van der Waals surface area contributed by atoms with E-state index in [9.17, 15) is 0 Å². The molecule has 4 aromatic carbocycles. The van der Waals surface area contributed by atoms with Crippen molar-refractivity contribution in [2.24, 2.45) is 0 Å². The molecule has 2 atom stereocenters. The van der Waals surface area contributed by atoms with Crippen molar-refractivity contribution >= 4 is 27.9 Å². The quantitative estimate of drug-likeness (QED) is 0.284. The first-order valence-corrected chi connectivity index (χ1v) is 22.0. The molecule has 6 rings (SSSR count). The van der Waals surface area contributed by atoms with Gasteiger partial charge in [0.25, 0.3) is 0 Å². The summed E-state index contributed by atoms with van der Waals surface area (Å²) in [6.45, 7) is 7.47. The second kappa shape index (κ2) is 11.9. The Morgan fingerprint density at radius 3 is 2.00 bits per heavy atom. The molecule has 37 heavy (non-hydrogen) atoms. The fourth-order valence-electron chi connectivity index (χ4n) is 6.10. The molecule has 2 aliphatic carbocycles. The van der Waals surface area contributed by atoms with E-state index < -0.39 is 28.3 Å². The minimum Gasteiger partial charge on any atom is -1.00 e. The number of fused-ring (bicyclic) bond motifs is 4. The normalized spacial score (nSPS) is 16.6. The van der Waals surface area contributed by atoms with E-state index in [0.717, 1.165) is 10.9 Å². The maximum absolute atomic E-state index is 3.81. The van der Waals surface area contributed by atoms with Gasteiger partial charge in [-0.05, 0) is 0 Å². The topological polar surface area (TPSA) is 0 Å². The van der Waals surface area contributed by atoms with Crippen LogP contribution in [0.5, 0.6) is 0 Å². The average Bonchev–Trinajstić information content (AvgIpc) is 3.40. The SMILES string of the molecule is CCC1=Cc2c(-c3ccccc3Br)cccc2C1c1cccc2c1[CH]([Zr+2][SiH](C)C)c1ccccc1-2.[Cl-].[Cl-]. The van der Waals surface area contributed by atoms with Gasteiger partial charge in [0.1, 0.15) is 0 Å². The van der Waals surface area contributed by atoms with Gasteiger partial charge in [-0.2, -0.15) is 0 Å². The van der Waals surface area contributed by atoms with E-state index in [4.69, 9.17) is 0 Å². The summed E-state index contributed by atoms with van der Waals surface area (Å²) in [5.41, 5.74) is 14.9. The van der Waals surface area contributed by atoms with Crippen molar-refractivity contribution in [1.82, 2.24) is 0 Å². The van der Waals surface area contributed by atoms with E-state index in [1.807, 2.05) is 0 Å². The summed E-state index contributed by atoms with van der Waals surface area (Å²) in [5.74, 6) is -0.232. The van der Waals surface area contributed by atoms with Gasteiger partial charge in [0, 0.05) is 0 Å². The van der Waals surface area contributed by atoms with Crippen molar-refractivity contribution in [1.29, 1.82) is 0 Å². The van der Waals surface area contributed by atoms with Crippen LogP contribution in [0.25, 0.3) is 28.3 Å². The Labute approximate surface area is 254 Å². The van der Waals surface area contributed by atoms with Crippen LogP contribution in [-0.2, 0) is 22.4 Å². The molecule has 0 aromatic heterocycles. The monoisotopic (exact) mass is 680 g/mol. The van der Waals surface area contributed by atoms with Gasteiger partial charge in [-0.15, -0.1) is 0 Å². The van der Waals surface area contributed by atoms with E-state index in [1.165, 1.54) is 33.4 Å². The van der Waals surface area contributed by atoms with Gasteiger partial charge in [-0.1, -0.05) is 0 Å². The van der Waals surface area contributed by atoms with Crippen LogP contribution in [0, 0.1) is 0 Å². The van der Waals surface area contributed by atoms with Gasteiger partial charge in [0.2, 0.25) is 0 Å². The molecular formula is C32H29BrCl2SiZr. The summed E-state index contributed by atoms with van der Waals surface area (Å²) in [6, 6.07) is 32.0. The van der Waals surface area contributed by atoms with E-state index in [1.54, 1.807) is 22.3 Å². The molecule has 0 spiro atoms. The molecule has 0 bridgehead atoms. The molecule has 186 valence electrons. The van der Waals surface area contributed by atoms with Crippen LogP contribution >= 0.6 is 15.9 Å². The van der Waals surface area contributed by atoms with Gasteiger partial charge in [0.05, 0.1) is 0 Å². The van der Waals surface area contributed by atoms with Crippen molar-refractivity contribution in [2.75, 3.05) is 0 Å². The predicted octanol–water partition coefficient (Wildman–Crippen LogP) is 3.20. The molecule has 5 heteroatoms. The Kier molecular flexibility index (Phi) is 9.25. The van der Waals surface area contributed by atoms with Crippen LogP contribution in [-0.4, -0.2) is 5.92 Å². The maximum atomic E-state index is 3.81. The first-order chi connectivity index (χ1) is 17.1. The average molecular weight is 684 g/mol. The smallest absolute Gasteiger partial charge is 1.00 e. The molecule has 0 N–H and O–H groups in total. The van der Waals surface area contributed by atoms with Crippen LogP contribution < -0.4 is 24.8 Å². The van der Waals surface area contributed by atoms with Crippen LogP contribution in [0.2, 0.25) is 13.1 Å². The van der Waals surface area contributed by atoms with E-state index in [-0.39, 0.29) is 24.8 Å². The fourth-order valence-corrected chi connectivity index (χ4v) is 16.5. The zero-order valence-corrected chi connectivity index (χ0v) is 27.9. The largest absolute Gasteiger partial charge is 1.00 e. The summed E-state index contributed by atoms with van der Waals surface area (Å²) in [7, 11) is 0. The molecule has 0 saturated heterocycles. The van der Waals surface area contributed by atoms with Crippen molar-refractivity contribution in [3.63, 3.8) is 0 Å². The third kappa shape index (κ3) is 4.96. The molecule has 0 heterocycles. The van der Waals surface area contributed by atoms with Gasteiger partial charge >= 0.3 is 231 Å². The molecule has 2 aliphatic rings. The van der Waals surface area contributed by atoms with Gasteiger partial charge in [-0.3, -0.25) is 0 Å². The first kappa shape index (κ1) is 28.8. The Hall–Kier alpha value is -1.22. The molecule has 4 aromatic rings. The van der Waals surface area contributed by atoms with Crippen LogP contribution in [0.15, 0.2) is 95.0 Å². The maximum Gasteiger partial charge on any atom is -1.00 e. The zero-order valence-electron chi connectivity index (χ0n) is 21.2. The second-order valence-corrected chi connectivity index (χ2v) is 25.8. The summed E-state index contributed by atoms with van der Waals surface area (Å²) in [6.07, 6.45) is 3.58. The van der Waals surface area contributed by atoms with Crippen LogP contribution in [0.1, 0.15) is 50.7 Å². The number of hydrogen-bond donors (Lipinski definition) is 0. The Morgan fingerprint density at radius 2 is 1.30 bits per heavy atom. The summed E-state index contributed by atoms with van der Waals surface area (Å²) >= 11 is 3.29. The molecule has 0 amide bonds. The minimum atomic E-state index is -0.591. The second-order valence-electron chi connectivity index (χ2n) is 9.94. The van der Waals surface area contributed by atoms with Gasteiger partial charge in [-0.25, -0.2) is 0 Å². The number of benzene rings is 4. The van der Waals surface area contributed by atoms with Crippen LogP contribution in [0.4, 0.5) is 0 Å². The van der Waals surface area contributed by atoms with Crippen molar-refractivity contribution < 1.29 is 47.2 Å². The zero-order chi connectivity index (χ0) is 24.1. The molecule has 0 radical (unpaired) electrons. The number of rotatable bonds is 5. The summed E-state index contributed by atoms with van der Waals surface area (Å²) < 4.78 is 1.86. The number of hydrogen-bond acceptors (Lipinski definition) is 0. The van der Waals surface area contributed by atoms with Crippen molar-refractivity contribution in [3.8, 4) is 22.3 Å². The molecule has 0 fully saturated rings. The van der Waals surface area contributed by atoms with E-state index in [2.05, 4.69) is 127 Å². The fraction of sp³-hybridized carbons (Fsp3) is 0.188. The van der Waals surface area contributed by atoms with Crippen molar-refractivity contribution in [3.05, 3.63) is 123 Å². The molecular weight excluding hydrogens is 654 g/mol. The first-order valence-electron chi connectivity index (χ1n) is 12.6. The van der Waals surface area contributed by atoms with Crippen LogP contribution in [0.3, 0.4) is 0 Å². The third-order valence-electron chi connectivity index (χ3n) is 7.53. The Morgan fingerprint density at radius 1 is 0.703 bits per heavy atom. The molecule has 0 nitrogen and oxygen atoms in total. The number of halogens is 3. The Balaban J connectivity index is 0.00000160. The standard InChI is InChI=1S/C30H22Br.C2H7Si.2ClH.Zr/c1-2-19-17-27-23(24-11-5-6-16-29(24)31)13-8-15-25(27)30(19)26-14-7-12-22-21-10-4-3-9-20(21)18-28(22)26;1-3-2;;;/h3-18,30H,2H2,1H3;3H,1-2H3;2*1H;/q;;;;+2/p-2. The molecule has 0 aliphatic heterocycles. The minimum absolute atomic E-state index is 0. The molecule has 2 unspecified atom stereocenters. The predicted molar refractivity (Wildman–Crippen MR) is 152 cm³/mol. The van der Waals surface area contributed by atoms with Gasteiger partial charge in [0.15, 0.2) is 0 Å². The van der Waals surface area contributed by atoms with Gasteiger partial charge < -0.3 is 24.8 Å². The number of allylic oxidation sites excluding steroid dienone is 1. The van der Waals surface area contributed by atoms with E-state index >= 15 is 0 Å². The summed E-state index contributed by atoms with van der Waals surface area (Å²) in [4.78, 5) is 0.